The molecule has 0 saturated carbocycles. The van der Waals surface area contributed by atoms with Crippen LogP contribution in [0.4, 0.5) is 0 Å². The van der Waals surface area contributed by atoms with Crippen LogP contribution in [-0.2, 0) is 0 Å². The van der Waals surface area contributed by atoms with E-state index in [0.29, 0.717) is 0 Å². The number of hydrogen-bond acceptors (Lipinski definition) is 7. The minimum Gasteiger partial charge on any atom is -0.380 e. The van der Waals surface area contributed by atoms with Gasteiger partial charge in [-0.15, -0.1) is 10.5 Å². The number of nitrogens with two attached hydrogens (primary N) is 1. The highest BCUT2D eigenvalue weighted by molar-refractivity contribution is 5.18. The molecule has 0 aromatic carbocycles. The Labute approximate surface area is 99.5 Å². The Morgan fingerprint density at radius 2 is 1.94 bits per heavy atom. The van der Waals surface area contributed by atoms with Gasteiger partial charge in [-0.2, -0.15) is 5.01 Å². The molecule has 4 aliphatic heterocycles. The number of hydrogen-bond donors (Lipinski definition) is 7. The fraction of sp³-hybridized carbons (Fsp3) is 0.778. The minimum atomic E-state index is 0.206. The van der Waals surface area contributed by atoms with Crippen molar-refractivity contribution in [3.63, 3.8) is 0 Å². The molecule has 3 fully saturated rings. The van der Waals surface area contributed by atoms with Gasteiger partial charge < -0.3 is 11.1 Å². The molecule has 0 aromatic rings. The molecule has 8 nitrogen and oxygen atoms in total. The summed E-state index contributed by atoms with van der Waals surface area (Å²) in [4.78, 5) is 0. The Kier molecular flexibility index (Phi) is 2.02. The van der Waals surface area contributed by atoms with E-state index in [2.05, 4.69) is 31.7 Å². The van der Waals surface area contributed by atoms with Gasteiger partial charge in [-0.25, -0.2) is 0 Å². The predicted molar refractivity (Wildman–Crippen MR) is 60.5 cm³/mol. The maximum atomic E-state index is 6.26. The predicted octanol–water partition coefficient (Wildman–Crippen LogP) is -4.89. The van der Waals surface area contributed by atoms with Gasteiger partial charge in [0.1, 0.15) is 11.9 Å². The highest BCUT2D eigenvalue weighted by Gasteiger charge is 2.55. The van der Waals surface area contributed by atoms with Crippen LogP contribution in [0.25, 0.3) is 0 Å². The molecule has 4 aliphatic rings. The minimum absolute atomic E-state index is 0.206. The molecule has 4 heterocycles. The normalized spacial score (nSPS) is 44.1. The van der Waals surface area contributed by atoms with E-state index >= 15 is 0 Å². The molecule has 94 valence electrons. The lowest BCUT2D eigenvalue weighted by atomic mass is 10.2. The van der Waals surface area contributed by atoms with Crippen LogP contribution in [0, 0.1) is 0 Å². The molecular weight excluding hydrogens is 220 g/mol. The topological polar surface area (TPSA) is 93.8 Å². The maximum absolute atomic E-state index is 6.26. The van der Waals surface area contributed by atoms with Crippen LogP contribution in [-0.4, -0.2) is 49.7 Å². The van der Waals surface area contributed by atoms with Crippen molar-refractivity contribution in [2.75, 3.05) is 26.2 Å². The quantitative estimate of drug-likeness (QED) is 0.228. The molecule has 4 unspecified atom stereocenters. The number of nitrogens with zero attached hydrogens (tertiary/aromatic N) is 1. The van der Waals surface area contributed by atoms with Crippen molar-refractivity contribution < 1.29 is 5.12 Å². The van der Waals surface area contributed by atoms with E-state index in [-0.39, 0.29) is 18.5 Å². The molecule has 0 spiro atoms. The monoisotopic (exact) mass is 239 g/mol. The zero-order valence-electron chi connectivity index (χ0n) is 9.59. The van der Waals surface area contributed by atoms with Crippen LogP contribution < -0.4 is 37.5 Å². The molecule has 3 saturated heterocycles. The fourth-order valence-corrected chi connectivity index (χ4v) is 3.15. The Morgan fingerprint density at radius 3 is 2.88 bits per heavy atom. The Bertz CT molecular complexity index is 368. The zero-order chi connectivity index (χ0) is 11.4. The standard InChI is InChI=1S/C9H18N8/c10-6-5-8(13-3-1-11-5)17-15-7-9(16(6)17)14-4-2-12-7/h7-9,11-15H,1-4,10H2/p+1. The van der Waals surface area contributed by atoms with Gasteiger partial charge in [0.15, 0.2) is 12.0 Å². The van der Waals surface area contributed by atoms with Gasteiger partial charge in [-0.1, -0.05) is 0 Å². The Balaban J connectivity index is 1.68. The molecule has 4 rings (SSSR count). The van der Waals surface area contributed by atoms with Gasteiger partial charge >= 0.3 is 0 Å². The van der Waals surface area contributed by atoms with Crippen LogP contribution in [0.15, 0.2) is 11.5 Å². The van der Waals surface area contributed by atoms with Crippen LogP contribution in [0.2, 0.25) is 0 Å². The van der Waals surface area contributed by atoms with Crippen molar-refractivity contribution in [3.05, 3.63) is 11.5 Å². The number of fused-ring (bicyclic) bond motifs is 5. The van der Waals surface area contributed by atoms with E-state index in [0.717, 1.165) is 37.7 Å². The van der Waals surface area contributed by atoms with Crippen LogP contribution in [0.5, 0.6) is 0 Å². The second-order valence-corrected chi connectivity index (χ2v) is 4.84. The van der Waals surface area contributed by atoms with E-state index in [4.69, 9.17) is 5.73 Å². The van der Waals surface area contributed by atoms with Crippen LogP contribution >= 0.6 is 0 Å². The van der Waals surface area contributed by atoms with Crippen molar-refractivity contribution in [1.29, 1.82) is 0 Å². The lowest BCUT2D eigenvalue weighted by Gasteiger charge is -2.28. The molecule has 0 radical (unpaired) electrons. The summed E-state index contributed by atoms with van der Waals surface area (Å²) in [5.74, 6) is 0.841. The van der Waals surface area contributed by atoms with Gasteiger partial charge in [0.2, 0.25) is 6.17 Å². The average molecular weight is 239 g/mol. The molecule has 0 amide bonds. The molecule has 8 N–H and O–H groups in total. The third-order valence-corrected chi connectivity index (χ3v) is 3.89. The first-order chi connectivity index (χ1) is 8.36. The molecule has 8 heteroatoms. The van der Waals surface area contributed by atoms with Crippen LogP contribution in [0.1, 0.15) is 0 Å². The average Bonchev–Trinajstić information content (AvgIpc) is 2.88. The molecule has 0 aliphatic carbocycles. The van der Waals surface area contributed by atoms with Crippen LogP contribution in [0.3, 0.4) is 0 Å². The Hall–Kier alpha value is -1.06. The van der Waals surface area contributed by atoms with Gasteiger partial charge in [0.05, 0.1) is 0 Å². The highest BCUT2D eigenvalue weighted by atomic mass is 15.9. The van der Waals surface area contributed by atoms with Gasteiger partial charge in [0.25, 0.3) is 0 Å². The first kappa shape index (κ1) is 9.92. The molecule has 0 bridgehead atoms. The highest BCUT2D eigenvalue weighted by Crippen LogP contribution is 2.17. The van der Waals surface area contributed by atoms with E-state index < -0.39 is 0 Å². The zero-order valence-corrected chi connectivity index (χ0v) is 9.59. The van der Waals surface area contributed by atoms with E-state index in [9.17, 15) is 0 Å². The van der Waals surface area contributed by atoms with Crippen molar-refractivity contribution >= 4 is 0 Å². The third-order valence-electron chi connectivity index (χ3n) is 3.89. The molecular formula is C9H19N8+. The van der Waals surface area contributed by atoms with Crippen molar-refractivity contribution in [2.45, 2.75) is 18.5 Å². The van der Waals surface area contributed by atoms with E-state index in [1.165, 1.54) is 5.12 Å². The first-order valence-corrected chi connectivity index (χ1v) is 6.22. The smallest absolute Gasteiger partial charge is 0.227 e. The summed E-state index contributed by atoms with van der Waals surface area (Å²) >= 11 is 0. The number of quaternary nitrogens is 1. The van der Waals surface area contributed by atoms with Gasteiger partial charge in [0, 0.05) is 26.2 Å². The summed E-state index contributed by atoms with van der Waals surface area (Å²) in [6.45, 7) is 3.87. The lowest BCUT2D eigenvalue weighted by Crippen LogP contribution is -3.25. The maximum Gasteiger partial charge on any atom is 0.227 e. The number of piperazine rings is 2. The van der Waals surface area contributed by atoms with E-state index in [1.807, 2.05) is 0 Å². The summed E-state index contributed by atoms with van der Waals surface area (Å²) in [5, 5.41) is 17.2. The Morgan fingerprint density at radius 1 is 1.12 bits per heavy atom. The second kappa shape index (κ2) is 3.47. The SMILES string of the molecule is NC1=C2NCCNC2[NH+]2NC3NCCNC3N12. The van der Waals surface area contributed by atoms with Crippen molar-refractivity contribution in [1.82, 2.24) is 31.7 Å². The summed E-state index contributed by atoms with van der Waals surface area (Å²) in [6.07, 6.45) is 0.681. The van der Waals surface area contributed by atoms with Gasteiger partial charge in [-0.3, -0.25) is 16.0 Å². The van der Waals surface area contributed by atoms with E-state index in [1.54, 1.807) is 0 Å². The lowest BCUT2D eigenvalue weighted by molar-refractivity contribution is -1.05. The third kappa shape index (κ3) is 1.24. The number of rotatable bonds is 0. The fourth-order valence-electron chi connectivity index (χ4n) is 3.15. The summed E-state index contributed by atoms with van der Waals surface area (Å²) in [6, 6.07) is 0. The van der Waals surface area contributed by atoms with Crippen molar-refractivity contribution in [2.24, 2.45) is 5.73 Å². The largest absolute Gasteiger partial charge is 0.380 e. The molecule has 0 aromatic heterocycles. The second-order valence-electron chi connectivity index (χ2n) is 4.84. The number of nitrogens with one attached hydrogen (secondary N) is 6. The summed E-state index contributed by atoms with van der Waals surface area (Å²) in [5.41, 5.74) is 10.9. The van der Waals surface area contributed by atoms with Crippen molar-refractivity contribution in [3.8, 4) is 0 Å². The molecule has 17 heavy (non-hydrogen) atoms. The summed E-state index contributed by atoms with van der Waals surface area (Å²) in [7, 11) is 0. The van der Waals surface area contributed by atoms with Gasteiger partial charge in [-0.05, 0) is 0 Å². The summed E-state index contributed by atoms with van der Waals surface area (Å²) < 4.78 is 0. The first-order valence-electron chi connectivity index (χ1n) is 6.22. The molecule has 4 atom stereocenters.